The Kier molecular flexibility index (Phi) is 7.33. The van der Waals surface area contributed by atoms with Crippen molar-refractivity contribution in [2.45, 2.75) is 18.6 Å². The molecule has 37 heavy (non-hydrogen) atoms. The summed E-state index contributed by atoms with van der Waals surface area (Å²) in [6.07, 6.45) is -2.18. The van der Waals surface area contributed by atoms with Gasteiger partial charge in [-0.05, 0) is 24.7 Å². The fourth-order valence-corrected chi connectivity index (χ4v) is 4.53. The molecule has 3 heterocycles. The minimum absolute atomic E-state index is 0.0224. The van der Waals surface area contributed by atoms with Crippen LogP contribution in [0.25, 0.3) is 0 Å². The predicted octanol–water partition coefficient (Wildman–Crippen LogP) is 4.80. The second-order valence-electron chi connectivity index (χ2n) is 9.14. The van der Waals surface area contributed by atoms with Gasteiger partial charge in [0.1, 0.15) is 17.9 Å². The standard InChI is InChI=1S/C26H29F3N6O2/c1-33-10-12-34(13-11-33)22-8-7-20(15-23(22)36-17-26(27,28)29)32-24-16-25(31-18-30-24)35-21(9-14-37-35)19-5-3-2-4-6-19/h2-8,15-16,18,21H,9-14,17H2,1H3,(H,30,31,32)/t21-/m1/s1. The summed E-state index contributed by atoms with van der Waals surface area (Å²) in [5, 5.41) is 4.95. The van der Waals surface area contributed by atoms with E-state index in [-0.39, 0.29) is 11.8 Å². The van der Waals surface area contributed by atoms with Crippen molar-refractivity contribution in [3.63, 3.8) is 0 Å². The number of likely N-dealkylation sites (N-methyl/N-ethyl adjacent to an activating group) is 1. The van der Waals surface area contributed by atoms with Gasteiger partial charge in [-0.15, -0.1) is 0 Å². The van der Waals surface area contributed by atoms with Gasteiger partial charge >= 0.3 is 6.18 Å². The Morgan fingerprint density at radius 1 is 1.03 bits per heavy atom. The molecule has 196 valence electrons. The molecule has 2 aromatic carbocycles. The van der Waals surface area contributed by atoms with Crippen molar-refractivity contribution in [3.05, 3.63) is 66.5 Å². The lowest BCUT2D eigenvalue weighted by Crippen LogP contribution is -2.44. The van der Waals surface area contributed by atoms with Gasteiger partial charge in [0.05, 0.1) is 18.3 Å². The molecule has 5 rings (SSSR count). The number of piperazine rings is 1. The van der Waals surface area contributed by atoms with E-state index in [1.54, 1.807) is 23.3 Å². The molecule has 2 fully saturated rings. The van der Waals surface area contributed by atoms with Crippen LogP contribution >= 0.6 is 0 Å². The third-order valence-corrected chi connectivity index (χ3v) is 6.44. The van der Waals surface area contributed by atoms with Crippen LogP contribution < -0.4 is 20.0 Å². The Balaban J connectivity index is 1.36. The van der Waals surface area contributed by atoms with Crippen molar-refractivity contribution >= 4 is 23.0 Å². The maximum absolute atomic E-state index is 13.0. The molecule has 0 saturated carbocycles. The summed E-state index contributed by atoms with van der Waals surface area (Å²) in [5.41, 5.74) is 2.32. The van der Waals surface area contributed by atoms with Crippen LogP contribution in [-0.4, -0.2) is 67.5 Å². The molecule has 1 N–H and O–H groups in total. The van der Waals surface area contributed by atoms with Crippen LogP contribution in [0.3, 0.4) is 0 Å². The first kappa shape index (κ1) is 25.1. The van der Waals surface area contributed by atoms with Crippen LogP contribution in [0.15, 0.2) is 60.9 Å². The van der Waals surface area contributed by atoms with Gasteiger partial charge in [0.25, 0.3) is 0 Å². The number of hydrogen-bond donors (Lipinski definition) is 1. The van der Waals surface area contributed by atoms with Crippen LogP contribution in [-0.2, 0) is 4.84 Å². The molecule has 0 radical (unpaired) electrons. The number of nitrogens with one attached hydrogen (secondary N) is 1. The number of halogens is 3. The number of hydrogen-bond acceptors (Lipinski definition) is 8. The van der Waals surface area contributed by atoms with E-state index in [1.807, 2.05) is 36.2 Å². The minimum atomic E-state index is -4.44. The van der Waals surface area contributed by atoms with Gasteiger partial charge in [0.15, 0.2) is 12.4 Å². The molecule has 11 heteroatoms. The summed E-state index contributed by atoms with van der Waals surface area (Å²) in [6.45, 7) is 2.27. The van der Waals surface area contributed by atoms with E-state index in [1.165, 1.54) is 6.33 Å². The van der Waals surface area contributed by atoms with Crippen molar-refractivity contribution in [2.24, 2.45) is 0 Å². The third-order valence-electron chi connectivity index (χ3n) is 6.44. The second kappa shape index (κ2) is 10.8. The first-order chi connectivity index (χ1) is 17.9. The van der Waals surface area contributed by atoms with Gasteiger partial charge in [-0.1, -0.05) is 30.3 Å². The molecule has 8 nitrogen and oxygen atoms in total. The molecule has 0 unspecified atom stereocenters. The Hall–Kier alpha value is -3.57. The average Bonchev–Trinajstić information content (AvgIpc) is 3.39. The van der Waals surface area contributed by atoms with E-state index in [4.69, 9.17) is 9.57 Å². The lowest BCUT2D eigenvalue weighted by molar-refractivity contribution is -0.153. The van der Waals surface area contributed by atoms with E-state index in [9.17, 15) is 13.2 Å². The van der Waals surface area contributed by atoms with Gasteiger partial charge in [-0.2, -0.15) is 13.2 Å². The predicted molar refractivity (Wildman–Crippen MR) is 135 cm³/mol. The van der Waals surface area contributed by atoms with E-state index >= 15 is 0 Å². The molecule has 0 amide bonds. The Bertz CT molecular complexity index is 1190. The lowest BCUT2D eigenvalue weighted by atomic mass is 10.0. The molecule has 1 atom stereocenters. The van der Waals surface area contributed by atoms with Gasteiger partial charge in [-0.3, -0.25) is 4.84 Å². The SMILES string of the molecule is CN1CCN(c2ccc(Nc3cc(N4OCC[C@@H]4c4ccccc4)ncn3)cc2OCC(F)(F)F)CC1. The highest BCUT2D eigenvalue weighted by Crippen LogP contribution is 2.36. The summed E-state index contributed by atoms with van der Waals surface area (Å²) >= 11 is 0. The van der Waals surface area contributed by atoms with Crippen LogP contribution in [0.1, 0.15) is 18.0 Å². The number of rotatable bonds is 7. The lowest BCUT2D eigenvalue weighted by Gasteiger charge is -2.35. The molecular formula is C26H29F3N6O2. The number of anilines is 4. The number of benzene rings is 2. The average molecular weight is 515 g/mol. The summed E-state index contributed by atoms with van der Waals surface area (Å²) in [5.74, 6) is 1.25. The van der Waals surface area contributed by atoms with Crippen LogP contribution in [0.5, 0.6) is 5.75 Å². The fraction of sp³-hybridized carbons (Fsp3) is 0.385. The van der Waals surface area contributed by atoms with E-state index < -0.39 is 12.8 Å². The van der Waals surface area contributed by atoms with Crippen molar-refractivity contribution < 1.29 is 22.7 Å². The smallest absolute Gasteiger partial charge is 0.422 e. The molecule has 1 aromatic heterocycles. The van der Waals surface area contributed by atoms with Crippen molar-refractivity contribution in [2.75, 3.05) is 61.7 Å². The van der Waals surface area contributed by atoms with Crippen molar-refractivity contribution in [1.82, 2.24) is 14.9 Å². The van der Waals surface area contributed by atoms with Crippen molar-refractivity contribution in [1.29, 1.82) is 0 Å². The maximum atomic E-state index is 13.0. The summed E-state index contributed by atoms with van der Waals surface area (Å²) in [7, 11) is 2.02. The molecule has 0 spiro atoms. The molecule has 3 aromatic rings. The van der Waals surface area contributed by atoms with Gasteiger partial charge in [-0.25, -0.2) is 15.0 Å². The number of alkyl halides is 3. The molecule has 0 bridgehead atoms. The minimum Gasteiger partial charge on any atom is -0.482 e. The van der Waals surface area contributed by atoms with Gasteiger partial charge in [0, 0.05) is 50.4 Å². The number of hydroxylamine groups is 1. The van der Waals surface area contributed by atoms with Crippen LogP contribution in [0.4, 0.5) is 36.2 Å². The summed E-state index contributed by atoms with van der Waals surface area (Å²) in [4.78, 5) is 18.8. The zero-order valence-electron chi connectivity index (χ0n) is 20.5. The number of ether oxygens (including phenoxy) is 1. The Morgan fingerprint density at radius 3 is 2.57 bits per heavy atom. The van der Waals surface area contributed by atoms with Crippen LogP contribution in [0.2, 0.25) is 0 Å². The first-order valence-electron chi connectivity index (χ1n) is 12.2. The highest BCUT2D eigenvalue weighted by Gasteiger charge is 2.30. The number of nitrogens with zero attached hydrogens (tertiary/aromatic N) is 5. The molecular weight excluding hydrogens is 485 g/mol. The second-order valence-corrected chi connectivity index (χ2v) is 9.14. The van der Waals surface area contributed by atoms with E-state index in [2.05, 4.69) is 32.3 Å². The fourth-order valence-electron chi connectivity index (χ4n) is 4.53. The molecule has 0 aliphatic carbocycles. The zero-order valence-corrected chi connectivity index (χ0v) is 20.5. The van der Waals surface area contributed by atoms with Crippen molar-refractivity contribution in [3.8, 4) is 5.75 Å². The number of aromatic nitrogens is 2. The highest BCUT2D eigenvalue weighted by atomic mass is 19.4. The van der Waals surface area contributed by atoms with Gasteiger partial charge in [0.2, 0.25) is 0 Å². The largest absolute Gasteiger partial charge is 0.482 e. The molecule has 2 saturated heterocycles. The summed E-state index contributed by atoms with van der Waals surface area (Å²) in [6, 6.07) is 17.0. The summed E-state index contributed by atoms with van der Waals surface area (Å²) < 4.78 is 44.1. The van der Waals surface area contributed by atoms with Crippen LogP contribution in [0, 0.1) is 0 Å². The topological polar surface area (TPSA) is 66.0 Å². The Morgan fingerprint density at radius 2 is 1.81 bits per heavy atom. The van der Waals surface area contributed by atoms with E-state index in [0.717, 1.165) is 25.1 Å². The molecule has 2 aliphatic heterocycles. The normalized spacial score (nSPS) is 18.8. The van der Waals surface area contributed by atoms with E-state index in [0.29, 0.717) is 42.7 Å². The van der Waals surface area contributed by atoms with Gasteiger partial charge < -0.3 is 19.9 Å². The molecule has 2 aliphatic rings. The third kappa shape index (κ3) is 6.23. The quantitative estimate of drug-likeness (QED) is 0.483. The zero-order chi connectivity index (χ0) is 25.8. The Labute approximate surface area is 213 Å². The monoisotopic (exact) mass is 514 g/mol. The first-order valence-corrected chi connectivity index (χ1v) is 12.2. The highest BCUT2D eigenvalue weighted by molar-refractivity contribution is 5.69. The maximum Gasteiger partial charge on any atom is 0.422 e.